The summed E-state index contributed by atoms with van der Waals surface area (Å²) >= 11 is 0. The smallest absolute Gasteiger partial charge is 0.243 e. The first-order valence-electron chi connectivity index (χ1n) is 22.3. The van der Waals surface area contributed by atoms with Gasteiger partial charge in [0, 0.05) is 62.4 Å². The lowest BCUT2D eigenvalue weighted by atomic mass is 10.0. The molecule has 358 valence electrons. The second kappa shape index (κ2) is 24.6. The van der Waals surface area contributed by atoms with Gasteiger partial charge in [-0.2, -0.15) is 0 Å². The highest BCUT2D eigenvalue weighted by atomic mass is 16.2. The van der Waals surface area contributed by atoms with E-state index < -0.39 is 95.5 Å². The number of nitrogens with zero attached hydrogens (tertiary/aromatic N) is 1. The second-order valence-corrected chi connectivity index (χ2v) is 16.5. The molecule has 1 saturated heterocycles. The molecule has 0 saturated carbocycles. The topological polar surface area (TPSA) is 320 Å². The second-order valence-electron chi connectivity index (χ2n) is 16.5. The number of nitrogens with one attached hydrogen (secondary N) is 10. The molecule has 2 aromatic heterocycles. The molecule has 0 aliphatic carbocycles. The summed E-state index contributed by atoms with van der Waals surface area (Å²) in [6.07, 6.45) is 5.17. The molecule has 4 aromatic rings. The van der Waals surface area contributed by atoms with Gasteiger partial charge in [0.15, 0.2) is 0 Å². The number of nitrogens with two attached hydrogens (primary N) is 1. The van der Waals surface area contributed by atoms with Crippen LogP contribution in [-0.4, -0.2) is 117 Å². The standard InChI is InChI=1S/C46H60N12O9/c1-4-5-14-33(53-27(3)59)42(63)55-34-16-17-39(60)49-19-18-35(44(65)56-36(40(47)61)21-29-23-50-32-15-10-9-13-31(29)32)54-41(62)26(2)52-45(66)37(20-28-11-7-6-8-12-28)57-46(67)38(58-43(34)64)22-30-24-48-25-51-30/h6-13,15,23-26,33-38,50H,4-5,14,16-22H2,1-3H3,(H2,47,61)(H,48,51)(H,49,60)(H,52,66)(H,53,59)(H,54,62)(H,55,63)(H,56,65)(H,57,67)(H,58,64)/t26-,33?,34-,35-,36-,37+,38-/m0/s1. The molecule has 1 unspecified atom stereocenters. The van der Waals surface area contributed by atoms with Crippen LogP contribution in [0.4, 0.5) is 0 Å². The average Bonchev–Trinajstić information content (AvgIpc) is 3.97. The molecule has 12 N–H and O–H groups in total. The largest absolute Gasteiger partial charge is 0.368 e. The third-order valence-corrected chi connectivity index (χ3v) is 11.2. The van der Waals surface area contributed by atoms with Gasteiger partial charge in [-0.15, -0.1) is 0 Å². The fourth-order valence-corrected chi connectivity index (χ4v) is 7.57. The van der Waals surface area contributed by atoms with Gasteiger partial charge in [0.05, 0.1) is 12.0 Å². The van der Waals surface area contributed by atoms with Crippen LogP contribution >= 0.6 is 0 Å². The quantitative estimate of drug-likeness (QED) is 0.0715. The number of primary amides is 1. The third kappa shape index (κ3) is 15.3. The van der Waals surface area contributed by atoms with Crippen molar-refractivity contribution in [2.45, 2.75) is 121 Å². The zero-order valence-corrected chi connectivity index (χ0v) is 37.7. The van der Waals surface area contributed by atoms with Crippen molar-refractivity contribution in [3.8, 4) is 0 Å². The first-order chi connectivity index (χ1) is 32.1. The lowest BCUT2D eigenvalue weighted by Gasteiger charge is -2.27. The number of hydrogen-bond donors (Lipinski definition) is 11. The maximum Gasteiger partial charge on any atom is 0.243 e. The van der Waals surface area contributed by atoms with E-state index in [2.05, 4.69) is 57.5 Å². The Balaban J connectivity index is 1.45. The van der Waals surface area contributed by atoms with Crippen molar-refractivity contribution >= 4 is 64.1 Å². The van der Waals surface area contributed by atoms with Gasteiger partial charge in [-0.05, 0) is 43.4 Å². The number of unbranched alkanes of at least 4 members (excludes halogenated alkanes) is 1. The normalized spacial score (nSPS) is 21.1. The van der Waals surface area contributed by atoms with Crippen molar-refractivity contribution in [1.82, 2.24) is 57.5 Å². The minimum atomic E-state index is -1.40. The number of carbonyl (C=O) groups excluding carboxylic acids is 9. The molecule has 9 amide bonds. The number of rotatable bonds is 15. The summed E-state index contributed by atoms with van der Waals surface area (Å²) in [6, 6.07) is 7.17. The summed E-state index contributed by atoms with van der Waals surface area (Å²) in [5, 5.41) is 22.0. The number of fused-ring (bicyclic) bond motifs is 1. The van der Waals surface area contributed by atoms with Crippen LogP contribution in [0.1, 0.15) is 76.1 Å². The predicted octanol–water partition coefficient (Wildman–Crippen LogP) is -0.672. The Bertz CT molecular complexity index is 2370. The molecule has 0 spiro atoms. The van der Waals surface area contributed by atoms with Crippen LogP contribution < -0.4 is 48.3 Å². The van der Waals surface area contributed by atoms with E-state index in [1.54, 1.807) is 36.5 Å². The Morgan fingerprint density at radius 2 is 1.51 bits per heavy atom. The summed E-state index contributed by atoms with van der Waals surface area (Å²) in [7, 11) is 0. The molecule has 21 heteroatoms. The van der Waals surface area contributed by atoms with E-state index in [1.165, 1.54) is 26.4 Å². The van der Waals surface area contributed by atoms with Crippen LogP contribution in [0.2, 0.25) is 0 Å². The maximum atomic E-state index is 14.3. The Morgan fingerprint density at radius 3 is 2.21 bits per heavy atom. The summed E-state index contributed by atoms with van der Waals surface area (Å²) < 4.78 is 0. The van der Waals surface area contributed by atoms with Crippen molar-refractivity contribution in [1.29, 1.82) is 0 Å². The number of hydrogen-bond acceptors (Lipinski definition) is 10. The number of amides is 9. The van der Waals surface area contributed by atoms with Gasteiger partial charge in [-0.3, -0.25) is 43.2 Å². The van der Waals surface area contributed by atoms with E-state index in [0.29, 0.717) is 29.7 Å². The zero-order valence-electron chi connectivity index (χ0n) is 37.7. The van der Waals surface area contributed by atoms with Crippen molar-refractivity contribution in [3.05, 3.63) is 90.1 Å². The molecule has 1 aliphatic rings. The fraction of sp³-hybridized carbons (Fsp3) is 0.435. The highest BCUT2D eigenvalue weighted by Gasteiger charge is 2.34. The molecule has 5 rings (SSSR count). The fourth-order valence-electron chi connectivity index (χ4n) is 7.57. The molecule has 7 atom stereocenters. The van der Waals surface area contributed by atoms with Crippen molar-refractivity contribution in [2.75, 3.05) is 6.54 Å². The summed E-state index contributed by atoms with van der Waals surface area (Å²) in [6.45, 7) is 4.36. The highest BCUT2D eigenvalue weighted by molar-refractivity contribution is 5.98. The summed E-state index contributed by atoms with van der Waals surface area (Å²) in [5.74, 6) is -6.61. The van der Waals surface area contributed by atoms with E-state index in [4.69, 9.17) is 5.73 Å². The van der Waals surface area contributed by atoms with Crippen LogP contribution in [0.15, 0.2) is 73.3 Å². The predicted molar refractivity (Wildman–Crippen MR) is 245 cm³/mol. The minimum Gasteiger partial charge on any atom is -0.368 e. The molecule has 21 nitrogen and oxygen atoms in total. The van der Waals surface area contributed by atoms with Crippen molar-refractivity contribution in [2.24, 2.45) is 5.73 Å². The van der Waals surface area contributed by atoms with E-state index >= 15 is 0 Å². The van der Waals surface area contributed by atoms with E-state index in [1.807, 2.05) is 31.2 Å². The number of benzene rings is 2. The number of para-hydroxylation sites is 1. The molecule has 0 bridgehead atoms. The lowest BCUT2D eigenvalue weighted by molar-refractivity contribution is -0.135. The van der Waals surface area contributed by atoms with E-state index in [-0.39, 0.29) is 51.5 Å². The zero-order chi connectivity index (χ0) is 48.5. The molecular formula is C46H60N12O9. The molecule has 0 radical (unpaired) electrons. The van der Waals surface area contributed by atoms with Crippen LogP contribution in [0.5, 0.6) is 0 Å². The van der Waals surface area contributed by atoms with Crippen LogP contribution in [0, 0.1) is 0 Å². The van der Waals surface area contributed by atoms with Gasteiger partial charge < -0.3 is 58.2 Å². The first-order valence-corrected chi connectivity index (χ1v) is 22.3. The van der Waals surface area contributed by atoms with Gasteiger partial charge in [0.2, 0.25) is 53.2 Å². The Morgan fingerprint density at radius 1 is 0.806 bits per heavy atom. The van der Waals surface area contributed by atoms with Gasteiger partial charge in [-0.1, -0.05) is 68.3 Å². The number of aromatic nitrogens is 3. The Kier molecular flexibility index (Phi) is 18.5. The summed E-state index contributed by atoms with van der Waals surface area (Å²) in [4.78, 5) is 132. The van der Waals surface area contributed by atoms with Gasteiger partial charge in [-0.25, -0.2) is 4.98 Å². The molecule has 2 aromatic carbocycles. The van der Waals surface area contributed by atoms with Crippen LogP contribution in [-0.2, 0) is 62.4 Å². The molecule has 67 heavy (non-hydrogen) atoms. The monoisotopic (exact) mass is 924 g/mol. The number of carbonyl (C=O) groups is 9. The Labute approximate surface area is 387 Å². The van der Waals surface area contributed by atoms with Gasteiger partial charge in [0.25, 0.3) is 0 Å². The van der Waals surface area contributed by atoms with Crippen LogP contribution in [0.25, 0.3) is 10.9 Å². The third-order valence-electron chi connectivity index (χ3n) is 11.2. The van der Waals surface area contributed by atoms with E-state index in [0.717, 1.165) is 10.9 Å². The minimum absolute atomic E-state index is 0.0154. The average molecular weight is 925 g/mol. The number of H-pyrrole nitrogens is 2. The molecular weight excluding hydrogens is 865 g/mol. The van der Waals surface area contributed by atoms with Crippen molar-refractivity contribution in [3.63, 3.8) is 0 Å². The lowest BCUT2D eigenvalue weighted by Crippen LogP contribution is -2.60. The summed E-state index contributed by atoms with van der Waals surface area (Å²) in [5.41, 5.74) is 8.29. The number of aromatic amines is 2. The molecule has 1 fully saturated rings. The Hall–Kier alpha value is -7.58. The van der Waals surface area contributed by atoms with E-state index in [9.17, 15) is 43.2 Å². The van der Waals surface area contributed by atoms with Crippen molar-refractivity contribution < 1.29 is 43.2 Å². The highest BCUT2D eigenvalue weighted by Crippen LogP contribution is 2.19. The van der Waals surface area contributed by atoms with Gasteiger partial charge in [0.1, 0.15) is 42.3 Å². The molecule has 1 aliphatic heterocycles. The van der Waals surface area contributed by atoms with Crippen LogP contribution in [0.3, 0.4) is 0 Å². The van der Waals surface area contributed by atoms with Gasteiger partial charge >= 0.3 is 0 Å². The molecule has 3 heterocycles. The maximum absolute atomic E-state index is 14.3. The first kappa shape index (κ1) is 50.4. The number of imidazole rings is 1. The SMILES string of the molecule is CCCCC(NC(C)=O)C(=O)N[C@H]1CCC(=O)NCC[C@@H](C(=O)N[C@@H](Cc2c[nH]c3ccccc23)C(N)=O)NC(=O)[C@H](C)NC(=O)[C@@H](Cc2ccccc2)NC(=O)[C@H](Cc2c[nH]cn2)NC1=O.